The lowest BCUT2D eigenvalue weighted by Gasteiger charge is -2.18. The third-order valence-corrected chi connectivity index (χ3v) is 4.94. The molecule has 4 rings (SSSR count). The van der Waals surface area contributed by atoms with E-state index in [1.54, 1.807) is 7.11 Å². The second-order valence-corrected chi connectivity index (χ2v) is 6.43. The maximum absolute atomic E-state index is 12.7. The molecular formula is C20H21NO4. The number of nitrogens with zero attached hydrogens (tertiary/aromatic N) is 1. The summed E-state index contributed by atoms with van der Waals surface area (Å²) in [5.41, 5.74) is 2.14. The Morgan fingerprint density at radius 3 is 2.92 bits per heavy atom. The molecule has 25 heavy (non-hydrogen) atoms. The van der Waals surface area contributed by atoms with Gasteiger partial charge in [-0.1, -0.05) is 24.3 Å². The van der Waals surface area contributed by atoms with Crippen molar-refractivity contribution in [2.45, 2.75) is 18.8 Å². The Morgan fingerprint density at radius 1 is 1.20 bits per heavy atom. The third kappa shape index (κ3) is 3.14. The molecule has 0 N–H and O–H groups in total. The minimum Gasteiger partial charge on any atom is -0.496 e. The van der Waals surface area contributed by atoms with Gasteiger partial charge in [0.25, 0.3) is 0 Å². The second kappa shape index (κ2) is 6.67. The van der Waals surface area contributed by atoms with Crippen LogP contribution in [0.3, 0.4) is 0 Å². The number of rotatable bonds is 4. The molecule has 1 saturated heterocycles. The smallest absolute Gasteiger partial charge is 0.231 e. The van der Waals surface area contributed by atoms with Gasteiger partial charge in [-0.3, -0.25) is 4.79 Å². The number of hydrogen-bond acceptors (Lipinski definition) is 4. The average Bonchev–Trinajstić information content (AvgIpc) is 3.30. The largest absolute Gasteiger partial charge is 0.496 e. The first-order valence-corrected chi connectivity index (χ1v) is 8.54. The van der Waals surface area contributed by atoms with Crippen molar-refractivity contribution >= 4 is 5.91 Å². The summed E-state index contributed by atoms with van der Waals surface area (Å²) in [6.07, 6.45) is 1.34. The number of amides is 1. The van der Waals surface area contributed by atoms with Crippen molar-refractivity contribution in [3.8, 4) is 17.2 Å². The van der Waals surface area contributed by atoms with Crippen LogP contribution >= 0.6 is 0 Å². The molecule has 2 aromatic rings. The summed E-state index contributed by atoms with van der Waals surface area (Å²) >= 11 is 0. The predicted octanol–water partition coefficient (Wildman–Crippen LogP) is 2.98. The van der Waals surface area contributed by atoms with Gasteiger partial charge in [-0.2, -0.15) is 0 Å². The molecule has 1 atom stereocenters. The lowest BCUT2D eigenvalue weighted by atomic mass is 9.98. The van der Waals surface area contributed by atoms with E-state index >= 15 is 0 Å². The molecule has 1 unspecified atom stereocenters. The molecule has 2 aliphatic heterocycles. The van der Waals surface area contributed by atoms with Crippen molar-refractivity contribution < 1.29 is 19.0 Å². The first-order chi connectivity index (χ1) is 12.2. The van der Waals surface area contributed by atoms with Gasteiger partial charge in [0.05, 0.1) is 13.5 Å². The molecule has 2 heterocycles. The van der Waals surface area contributed by atoms with Crippen LogP contribution in [0.25, 0.3) is 0 Å². The minimum atomic E-state index is 0.146. The van der Waals surface area contributed by atoms with Crippen LogP contribution in [-0.2, 0) is 11.2 Å². The van der Waals surface area contributed by atoms with Crippen molar-refractivity contribution in [2.24, 2.45) is 0 Å². The van der Waals surface area contributed by atoms with Crippen LogP contribution in [0.15, 0.2) is 42.5 Å². The molecule has 2 aromatic carbocycles. The van der Waals surface area contributed by atoms with E-state index in [-0.39, 0.29) is 12.7 Å². The van der Waals surface area contributed by atoms with E-state index in [4.69, 9.17) is 14.2 Å². The highest BCUT2D eigenvalue weighted by atomic mass is 16.7. The highest BCUT2D eigenvalue weighted by Gasteiger charge is 2.28. The number of fused-ring (bicyclic) bond motifs is 1. The molecule has 5 nitrogen and oxygen atoms in total. The molecule has 1 amide bonds. The molecule has 0 aromatic heterocycles. The molecule has 0 radical (unpaired) electrons. The highest BCUT2D eigenvalue weighted by Crippen LogP contribution is 2.37. The van der Waals surface area contributed by atoms with Crippen LogP contribution in [0.5, 0.6) is 17.2 Å². The number of carbonyl (C=O) groups excluding carboxylic acids is 1. The van der Waals surface area contributed by atoms with Crippen LogP contribution < -0.4 is 14.2 Å². The number of ether oxygens (including phenoxy) is 3. The van der Waals surface area contributed by atoms with Crippen molar-refractivity contribution in [3.05, 3.63) is 53.6 Å². The van der Waals surface area contributed by atoms with Gasteiger partial charge in [0.1, 0.15) is 5.75 Å². The quantitative estimate of drug-likeness (QED) is 0.859. The summed E-state index contributed by atoms with van der Waals surface area (Å²) in [5.74, 6) is 2.85. The van der Waals surface area contributed by atoms with Crippen LogP contribution in [0.2, 0.25) is 0 Å². The van der Waals surface area contributed by atoms with Gasteiger partial charge < -0.3 is 19.1 Å². The second-order valence-electron chi connectivity index (χ2n) is 6.43. The third-order valence-electron chi connectivity index (χ3n) is 4.94. The van der Waals surface area contributed by atoms with Gasteiger partial charge in [-0.25, -0.2) is 0 Å². The number of hydrogen-bond donors (Lipinski definition) is 0. The van der Waals surface area contributed by atoms with E-state index in [1.807, 2.05) is 41.3 Å². The summed E-state index contributed by atoms with van der Waals surface area (Å²) in [4.78, 5) is 14.6. The first kappa shape index (κ1) is 15.8. The van der Waals surface area contributed by atoms with Crippen molar-refractivity contribution in [2.75, 3.05) is 27.0 Å². The Kier molecular flexibility index (Phi) is 4.22. The van der Waals surface area contributed by atoms with Crippen molar-refractivity contribution in [1.29, 1.82) is 0 Å². The summed E-state index contributed by atoms with van der Waals surface area (Å²) in [6.45, 7) is 1.81. The summed E-state index contributed by atoms with van der Waals surface area (Å²) in [5, 5.41) is 0. The molecule has 0 bridgehead atoms. The van der Waals surface area contributed by atoms with E-state index in [9.17, 15) is 4.79 Å². The van der Waals surface area contributed by atoms with E-state index in [0.29, 0.717) is 12.3 Å². The molecule has 0 saturated carbocycles. The molecule has 0 aliphatic carbocycles. The number of methoxy groups -OCH3 is 1. The maximum Gasteiger partial charge on any atom is 0.231 e. The van der Waals surface area contributed by atoms with Gasteiger partial charge in [0, 0.05) is 24.6 Å². The van der Waals surface area contributed by atoms with Crippen LogP contribution in [0.4, 0.5) is 0 Å². The molecule has 5 heteroatoms. The fraction of sp³-hybridized carbons (Fsp3) is 0.350. The number of benzene rings is 2. The van der Waals surface area contributed by atoms with E-state index in [1.165, 1.54) is 5.56 Å². The fourth-order valence-electron chi connectivity index (χ4n) is 3.55. The molecule has 2 aliphatic rings. The zero-order chi connectivity index (χ0) is 17.2. The topological polar surface area (TPSA) is 48.0 Å². The highest BCUT2D eigenvalue weighted by molar-refractivity contribution is 5.80. The SMILES string of the molecule is COc1ccccc1CC(=O)N1CCC(c2ccc3c(c2)OCO3)C1. The number of likely N-dealkylation sites (tertiary alicyclic amines) is 1. The minimum absolute atomic E-state index is 0.146. The van der Waals surface area contributed by atoms with Gasteiger partial charge >= 0.3 is 0 Å². The predicted molar refractivity (Wildman–Crippen MR) is 93.2 cm³/mol. The summed E-state index contributed by atoms with van der Waals surface area (Å²) < 4.78 is 16.2. The van der Waals surface area contributed by atoms with Gasteiger partial charge in [-0.05, 0) is 30.2 Å². The number of para-hydroxylation sites is 1. The van der Waals surface area contributed by atoms with Gasteiger partial charge in [0.2, 0.25) is 12.7 Å². The average molecular weight is 339 g/mol. The van der Waals surface area contributed by atoms with E-state index in [0.717, 1.165) is 42.3 Å². The summed E-state index contributed by atoms with van der Waals surface area (Å²) in [6, 6.07) is 13.8. The monoisotopic (exact) mass is 339 g/mol. The first-order valence-electron chi connectivity index (χ1n) is 8.54. The standard InChI is InChI=1S/C20H21NO4/c1-23-17-5-3-2-4-15(17)11-20(22)21-9-8-16(12-21)14-6-7-18-19(10-14)25-13-24-18/h2-7,10,16H,8-9,11-13H2,1H3. The zero-order valence-corrected chi connectivity index (χ0v) is 14.2. The normalized spacial score (nSPS) is 18.4. The molecule has 1 fully saturated rings. The van der Waals surface area contributed by atoms with Crippen LogP contribution in [0.1, 0.15) is 23.5 Å². The van der Waals surface area contributed by atoms with Crippen LogP contribution in [-0.4, -0.2) is 37.8 Å². The van der Waals surface area contributed by atoms with Gasteiger partial charge in [0.15, 0.2) is 11.5 Å². The Hall–Kier alpha value is -2.69. The van der Waals surface area contributed by atoms with E-state index < -0.39 is 0 Å². The van der Waals surface area contributed by atoms with Crippen molar-refractivity contribution in [3.63, 3.8) is 0 Å². The molecule has 0 spiro atoms. The van der Waals surface area contributed by atoms with Gasteiger partial charge in [-0.15, -0.1) is 0 Å². The van der Waals surface area contributed by atoms with E-state index in [2.05, 4.69) is 6.07 Å². The summed E-state index contributed by atoms with van der Waals surface area (Å²) in [7, 11) is 1.63. The Morgan fingerprint density at radius 2 is 2.04 bits per heavy atom. The molecular weight excluding hydrogens is 318 g/mol. The Labute approximate surface area is 147 Å². The maximum atomic E-state index is 12.7. The lowest BCUT2D eigenvalue weighted by molar-refractivity contribution is -0.129. The zero-order valence-electron chi connectivity index (χ0n) is 14.2. The lowest BCUT2D eigenvalue weighted by Crippen LogP contribution is -2.30. The van der Waals surface area contributed by atoms with Crippen LogP contribution in [0, 0.1) is 0 Å². The number of carbonyl (C=O) groups is 1. The van der Waals surface area contributed by atoms with Crippen molar-refractivity contribution in [1.82, 2.24) is 4.90 Å². The molecule has 130 valence electrons. The Balaban J connectivity index is 1.42. The fourth-order valence-corrected chi connectivity index (χ4v) is 3.55. The Bertz CT molecular complexity index is 789.